The van der Waals surface area contributed by atoms with Crippen molar-refractivity contribution in [1.82, 2.24) is 4.57 Å². The van der Waals surface area contributed by atoms with Gasteiger partial charge in [-0.3, -0.25) is 0 Å². The standard InChI is InChI=1S/C8H9NO3/c10-6-4-5-2-1-3-9(5)7(6)8(11)12/h4,10H,1-3H2,(H,11,12). The summed E-state index contributed by atoms with van der Waals surface area (Å²) in [6, 6.07) is 1.54. The molecule has 4 heteroatoms. The van der Waals surface area contributed by atoms with E-state index < -0.39 is 5.97 Å². The van der Waals surface area contributed by atoms with Crippen LogP contribution < -0.4 is 0 Å². The fourth-order valence-electron chi connectivity index (χ4n) is 1.69. The van der Waals surface area contributed by atoms with Crippen molar-refractivity contribution in [2.45, 2.75) is 19.4 Å². The molecule has 0 fully saturated rings. The van der Waals surface area contributed by atoms with Crippen molar-refractivity contribution in [3.05, 3.63) is 17.5 Å². The highest BCUT2D eigenvalue weighted by Crippen LogP contribution is 2.27. The van der Waals surface area contributed by atoms with Crippen LogP contribution in [0.1, 0.15) is 22.6 Å². The second-order valence-corrected chi connectivity index (χ2v) is 2.93. The lowest BCUT2D eigenvalue weighted by Gasteiger charge is -2.00. The zero-order valence-electron chi connectivity index (χ0n) is 6.45. The summed E-state index contributed by atoms with van der Waals surface area (Å²) in [5, 5.41) is 18.0. The van der Waals surface area contributed by atoms with Gasteiger partial charge in [-0.2, -0.15) is 0 Å². The number of hydrogen-bond acceptors (Lipinski definition) is 2. The van der Waals surface area contributed by atoms with Gasteiger partial charge in [-0.1, -0.05) is 0 Å². The lowest BCUT2D eigenvalue weighted by molar-refractivity contribution is 0.0682. The van der Waals surface area contributed by atoms with E-state index in [0.717, 1.165) is 18.5 Å². The molecule has 0 aliphatic carbocycles. The number of carboxylic acid groups (broad SMARTS) is 1. The molecule has 1 aromatic heterocycles. The minimum absolute atomic E-state index is 0.0301. The van der Waals surface area contributed by atoms with Crippen molar-refractivity contribution in [2.75, 3.05) is 0 Å². The SMILES string of the molecule is O=C(O)c1c(O)cc2n1CCC2. The summed E-state index contributed by atoms with van der Waals surface area (Å²) in [5.74, 6) is -1.17. The van der Waals surface area contributed by atoms with Gasteiger partial charge in [0.05, 0.1) is 0 Å². The highest BCUT2D eigenvalue weighted by Gasteiger charge is 2.22. The summed E-state index contributed by atoms with van der Waals surface area (Å²) < 4.78 is 1.66. The third-order valence-electron chi connectivity index (χ3n) is 2.18. The molecule has 0 saturated heterocycles. The third-order valence-corrected chi connectivity index (χ3v) is 2.18. The molecule has 0 aromatic carbocycles. The van der Waals surface area contributed by atoms with Gasteiger partial charge in [-0.05, 0) is 12.8 Å². The molecule has 2 heterocycles. The highest BCUT2D eigenvalue weighted by molar-refractivity contribution is 5.89. The zero-order valence-corrected chi connectivity index (χ0v) is 6.45. The third kappa shape index (κ3) is 0.809. The van der Waals surface area contributed by atoms with Crippen molar-refractivity contribution in [1.29, 1.82) is 0 Å². The number of rotatable bonds is 1. The molecular weight excluding hydrogens is 158 g/mol. The van der Waals surface area contributed by atoms with Crippen molar-refractivity contribution in [2.24, 2.45) is 0 Å². The maximum absolute atomic E-state index is 10.7. The first kappa shape index (κ1) is 7.21. The maximum Gasteiger partial charge on any atom is 0.356 e. The first-order chi connectivity index (χ1) is 5.70. The predicted octanol–water partition coefficient (Wildman–Crippen LogP) is 0.838. The molecule has 0 saturated carbocycles. The van der Waals surface area contributed by atoms with Gasteiger partial charge < -0.3 is 14.8 Å². The summed E-state index contributed by atoms with van der Waals surface area (Å²) in [4.78, 5) is 10.7. The molecular formula is C8H9NO3. The molecule has 1 aliphatic heterocycles. The fraction of sp³-hybridized carbons (Fsp3) is 0.375. The topological polar surface area (TPSA) is 62.5 Å². The quantitative estimate of drug-likeness (QED) is 0.651. The van der Waals surface area contributed by atoms with Crippen LogP contribution in [0.15, 0.2) is 6.07 Å². The number of hydrogen-bond donors (Lipinski definition) is 2. The van der Waals surface area contributed by atoms with Gasteiger partial charge >= 0.3 is 5.97 Å². The van der Waals surface area contributed by atoms with E-state index in [-0.39, 0.29) is 11.4 Å². The summed E-state index contributed by atoms with van der Waals surface area (Å²) in [5.41, 5.74) is 0.951. The van der Waals surface area contributed by atoms with Gasteiger partial charge in [0, 0.05) is 18.3 Å². The predicted molar refractivity (Wildman–Crippen MR) is 41.4 cm³/mol. The summed E-state index contributed by atoms with van der Waals surface area (Å²) in [6.07, 6.45) is 1.83. The van der Waals surface area contributed by atoms with E-state index in [1.165, 1.54) is 6.07 Å². The summed E-state index contributed by atoms with van der Waals surface area (Å²) >= 11 is 0. The first-order valence-corrected chi connectivity index (χ1v) is 3.85. The van der Waals surface area contributed by atoms with Crippen LogP contribution in [0.5, 0.6) is 5.75 Å². The molecule has 0 radical (unpaired) electrons. The van der Waals surface area contributed by atoms with Gasteiger partial charge in [0.2, 0.25) is 0 Å². The van der Waals surface area contributed by atoms with Crippen LogP contribution in [-0.2, 0) is 13.0 Å². The van der Waals surface area contributed by atoms with E-state index >= 15 is 0 Å². The summed E-state index contributed by atoms with van der Waals surface area (Å²) in [6.45, 7) is 0.706. The maximum atomic E-state index is 10.7. The second kappa shape index (κ2) is 2.27. The number of carbonyl (C=O) groups is 1. The van der Waals surface area contributed by atoms with Crippen molar-refractivity contribution < 1.29 is 15.0 Å². The van der Waals surface area contributed by atoms with Crippen molar-refractivity contribution in [3.63, 3.8) is 0 Å². The Bertz CT molecular complexity index is 340. The molecule has 1 aliphatic rings. The molecule has 0 unspecified atom stereocenters. The van der Waals surface area contributed by atoms with Crippen molar-refractivity contribution in [3.8, 4) is 5.75 Å². The Labute approximate surface area is 69.1 Å². The average molecular weight is 167 g/mol. The monoisotopic (exact) mass is 167 g/mol. The van der Waals surface area contributed by atoms with Gasteiger partial charge in [0.1, 0.15) is 5.75 Å². The lowest BCUT2D eigenvalue weighted by atomic mass is 10.3. The zero-order chi connectivity index (χ0) is 8.72. The van der Waals surface area contributed by atoms with Crippen LogP contribution in [0.4, 0.5) is 0 Å². The molecule has 0 bridgehead atoms. The summed E-state index contributed by atoms with van der Waals surface area (Å²) in [7, 11) is 0. The number of aryl methyl sites for hydroxylation is 1. The van der Waals surface area contributed by atoms with Crippen molar-refractivity contribution >= 4 is 5.97 Å². The molecule has 1 aromatic rings. The lowest BCUT2D eigenvalue weighted by Crippen LogP contribution is -2.06. The van der Waals surface area contributed by atoms with Gasteiger partial charge in [0.25, 0.3) is 0 Å². The number of aromatic carboxylic acids is 1. The number of fused-ring (bicyclic) bond motifs is 1. The largest absolute Gasteiger partial charge is 0.505 e. The molecule has 2 rings (SSSR count). The fourth-order valence-corrected chi connectivity index (χ4v) is 1.69. The van der Waals surface area contributed by atoms with Crippen LogP contribution in [0, 0.1) is 0 Å². The van der Waals surface area contributed by atoms with E-state index in [9.17, 15) is 9.90 Å². The molecule has 0 atom stereocenters. The van der Waals surface area contributed by atoms with E-state index in [4.69, 9.17) is 5.11 Å². The van der Waals surface area contributed by atoms with Gasteiger partial charge in [-0.25, -0.2) is 4.79 Å². The van der Waals surface area contributed by atoms with Gasteiger partial charge in [0.15, 0.2) is 5.69 Å². The molecule has 4 nitrogen and oxygen atoms in total. The Hall–Kier alpha value is -1.45. The minimum atomic E-state index is -1.05. The van der Waals surface area contributed by atoms with Gasteiger partial charge in [-0.15, -0.1) is 0 Å². The molecule has 64 valence electrons. The van der Waals surface area contributed by atoms with Crippen LogP contribution in [0.3, 0.4) is 0 Å². The number of nitrogens with zero attached hydrogens (tertiary/aromatic N) is 1. The Morgan fingerprint density at radius 3 is 3.00 bits per heavy atom. The van der Waals surface area contributed by atoms with E-state index in [1.807, 2.05) is 0 Å². The molecule has 12 heavy (non-hydrogen) atoms. The molecule has 2 N–H and O–H groups in total. The van der Waals surface area contributed by atoms with Crippen LogP contribution in [0.25, 0.3) is 0 Å². The highest BCUT2D eigenvalue weighted by atomic mass is 16.4. The normalized spacial score (nSPS) is 14.7. The average Bonchev–Trinajstić information content (AvgIpc) is 2.44. The minimum Gasteiger partial charge on any atom is -0.505 e. The first-order valence-electron chi connectivity index (χ1n) is 3.85. The van der Waals surface area contributed by atoms with E-state index in [2.05, 4.69) is 0 Å². The smallest absolute Gasteiger partial charge is 0.356 e. The van der Waals surface area contributed by atoms with Crippen LogP contribution in [0.2, 0.25) is 0 Å². The van der Waals surface area contributed by atoms with Crippen LogP contribution >= 0.6 is 0 Å². The number of aromatic nitrogens is 1. The molecule has 0 spiro atoms. The van der Waals surface area contributed by atoms with E-state index in [0.29, 0.717) is 6.54 Å². The number of carboxylic acids is 1. The Morgan fingerprint density at radius 2 is 2.33 bits per heavy atom. The molecule has 0 amide bonds. The Balaban J connectivity index is 2.59. The Morgan fingerprint density at radius 1 is 1.58 bits per heavy atom. The Kier molecular flexibility index (Phi) is 1.36. The second-order valence-electron chi connectivity index (χ2n) is 2.93. The number of aromatic hydroxyl groups is 1. The van der Waals surface area contributed by atoms with E-state index in [1.54, 1.807) is 4.57 Å². The van der Waals surface area contributed by atoms with Crippen LogP contribution in [-0.4, -0.2) is 20.7 Å².